The van der Waals surface area contributed by atoms with Crippen molar-refractivity contribution in [3.63, 3.8) is 0 Å². The summed E-state index contributed by atoms with van der Waals surface area (Å²) in [6.45, 7) is 6.09. The molecule has 2 heterocycles. The van der Waals surface area contributed by atoms with Gasteiger partial charge in [-0.1, -0.05) is 43.6 Å². The van der Waals surface area contributed by atoms with Crippen molar-refractivity contribution in [1.82, 2.24) is 15.0 Å². The summed E-state index contributed by atoms with van der Waals surface area (Å²) in [5.74, 6) is 0.997. The fourth-order valence-electron chi connectivity index (χ4n) is 2.35. The van der Waals surface area contributed by atoms with Gasteiger partial charge in [-0.25, -0.2) is 9.97 Å². The molecule has 21 heavy (non-hydrogen) atoms. The highest BCUT2D eigenvalue weighted by Gasteiger charge is 2.15. The van der Waals surface area contributed by atoms with Gasteiger partial charge in [0.25, 0.3) is 0 Å². The molecule has 0 aliphatic heterocycles. The molecule has 0 fully saturated rings. The molecule has 0 aliphatic rings. The van der Waals surface area contributed by atoms with Crippen LogP contribution in [0.1, 0.15) is 31.2 Å². The lowest BCUT2D eigenvalue weighted by molar-refractivity contribution is 0.773. The molecular formula is C17H16ClN3. The molecule has 0 amide bonds. The minimum Gasteiger partial charge on any atom is -0.264 e. The third-order valence-corrected chi connectivity index (χ3v) is 3.93. The maximum Gasteiger partial charge on any atom is 0.136 e. The van der Waals surface area contributed by atoms with E-state index in [1.165, 1.54) is 0 Å². The molecule has 0 atom stereocenters. The smallest absolute Gasteiger partial charge is 0.136 e. The minimum atomic E-state index is 0.231. The van der Waals surface area contributed by atoms with Crippen LogP contribution < -0.4 is 0 Å². The van der Waals surface area contributed by atoms with Crippen molar-refractivity contribution in [2.24, 2.45) is 0 Å². The van der Waals surface area contributed by atoms with E-state index in [4.69, 9.17) is 16.6 Å². The van der Waals surface area contributed by atoms with E-state index < -0.39 is 0 Å². The van der Waals surface area contributed by atoms with Crippen molar-refractivity contribution in [1.29, 1.82) is 0 Å². The van der Waals surface area contributed by atoms with Crippen LogP contribution in [0.25, 0.3) is 22.0 Å². The van der Waals surface area contributed by atoms with Gasteiger partial charge >= 0.3 is 0 Å². The monoisotopic (exact) mass is 297 g/mol. The van der Waals surface area contributed by atoms with Crippen LogP contribution in [0.2, 0.25) is 5.15 Å². The molecule has 0 spiro atoms. The zero-order valence-corrected chi connectivity index (χ0v) is 13.0. The zero-order valence-electron chi connectivity index (χ0n) is 12.3. The molecule has 3 nitrogen and oxygen atoms in total. The maximum absolute atomic E-state index is 6.30. The topological polar surface area (TPSA) is 38.7 Å². The molecule has 1 aromatic carbocycles. The first-order valence-corrected chi connectivity index (χ1v) is 7.33. The molecule has 4 heteroatoms. The highest BCUT2D eigenvalue weighted by molar-refractivity contribution is 6.30. The minimum absolute atomic E-state index is 0.231. The number of nitrogens with zero attached hydrogens (tertiary/aromatic N) is 3. The van der Waals surface area contributed by atoms with E-state index in [0.29, 0.717) is 5.15 Å². The first-order chi connectivity index (χ1) is 10.1. The Kier molecular flexibility index (Phi) is 3.60. The molecular weight excluding hydrogens is 282 g/mol. The van der Waals surface area contributed by atoms with Gasteiger partial charge in [-0.05, 0) is 18.4 Å². The molecule has 3 rings (SSSR count). The first kappa shape index (κ1) is 14.0. The highest BCUT2D eigenvalue weighted by Crippen LogP contribution is 2.32. The Labute approximate surface area is 129 Å². The number of hydrogen-bond donors (Lipinski definition) is 0. The van der Waals surface area contributed by atoms with E-state index in [2.05, 4.69) is 35.9 Å². The normalized spacial score (nSPS) is 11.3. The van der Waals surface area contributed by atoms with Crippen LogP contribution >= 0.6 is 11.6 Å². The lowest BCUT2D eigenvalue weighted by Gasteiger charge is -2.13. The molecule has 0 radical (unpaired) electrons. The Morgan fingerprint density at radius 1 is 1.10 bits per heavy atom. The fourth-order valence-corrected chi connectivity index (χ4v) is 2.52. The summed E-state index contributed by atoms with van der Waals surface area (Å²) in [6.07, 6.45) is 3.67. The van der Waals surface area contributed by atoms with Crippen LogP contribution in [0, 0.1) is 6.92 Å². The average Bonchev–Trinajstić information content (AvgIpc) is 2.49. The lowest BCUT2D eigenvalue weighted by Crippen LogP contribution is -2.02. The van der Waals surface area contributed by atoms with Crippen LogP contribution in [0.15, 0.2) is 36.7 Å². The third kappa shape index (κ3) is 2.49. The van der Waals surface area contributed by atoms with E-state index in [1.807, 2.05) is 25.3 Å². The average molecular weight is 298 g/mol. The van der Waals surface area contributed by atoms with Gasteiger partial charge in [-0.3, -0.25) is 4.98 Å². The second-order valence-corrected chi connectivity index (χ2v) is 5.76. The van der Waals surface area contributed by atoms with E-state index >= 15 is 0 Å². The van der Waals surface area contributed by atoms with Crippen molar-refractivity contribution < 1.29 is 0 Å². The third-order valence-electron chi connectivity index (χ3n) is 3.56. The van der Waals surface area contributed by atoms with E-state index in [1.54, 1.807) is 6.20 Å². The summed E-state index contributed by atoms with van der Waals surface area (Å²) in [5.41, 5.74) is 2.83. The fraction of sp³-hybridized carbons (Fsp3) is 0.235. The van der Waals surface area contributed by atoms with Gasteiger partial charge in [-0.15, -0.1) is 0 Å². The Bertz CT molecular complexity index is 807. The number of halogens is 1. The summed E-state index contributed by atoms with van der Waals surface area (Å²) in [5, 5.41) is 2.74. The Hall–Kier alpha value is -2.00. The van der Waals surface area contributed by atoms with Gasteiger partial charge in [0.2, 0.25) is 0 Å². The van der Waals surface area contributed by atoms with Crippen molar-refractivity contribution >= 4 is 22.4 Å². The Morgan fingerprint density at radius 3 is 2.67 bits per heavy atom. The van der Waals surface area contributed by atoms with Crippen molar-refractivity contribution in [3.05, 3.63) is 53.2 Å². The van der Waals surface area contributed by atoms with Crippen LogP contribution in [0.5, 0.6) is 0 Å². The molecule has 0 N–H and O–H groups in total. The lowest BCUT2D eigenvalue weighted by atomic mass is 10.0. The number of hydrogen-bond acceptors (Lipinski definition) is 3. The summed E-state index contributed by atoms with van der Waals surface area (Å²) in [6, 6.07) is 8.16. The van der Waals surface area contributed by atoms with E-state index in [0.717, 1.165) is 33.4 Å². The highest BCUT2D eigenvalue weighted by atomic mass is 35.5. The summed E-state index contributed by atoms with van der Waals surface area (Å²) < 4.78 is 0. The number of fused-ring (bicyclic) bond motifs is 1. The van der Waals surface area contributed by atoms with Gasteiger partial charge in [0.15, 0.2) is 0 Å². The predicted octanol–water partition coefficient (Wildman–Crippen LogP) is 4.78. The second-order valence-electron chi connectivity index (χ2n) is 5.40. The van der Waals surface area contributed by atoms with Crippen molar-refractivity contribution in [2.75, 3.05) is 0 Å². The molecule has 0 unspecified atom stereocenters. The largest absolute Gasteiger partial charge is 0.264 e. The Morgan fingerprint density at radius 2 is 1.90 bits per heavy atom. The summed E-state index contributed by atoms with van der Waals surface area (Å²) in [7, 11) is 0. The molecule has 0 saturated carbocycles. The number of rotatable bonds is 2. The van der Waals surface area contributed by atoms with E-state index in [9.17, 15) is 0 Å². The molecule has 2 aromatic heterocycles. The van der Waals surface area contributed by atoms with Crippen molar-refractivity contribution in [3.8, 4) is 11.3 Å². The molecule has 106 valence electrons. The summed E-state index contributed by atoms with van der Waals surface area (Å²) >= 11 is 6.30. The zero-order chi connectivity index (χ0) is 15.0. The van der Waals surface area contributed by atoms with Gasteiger partial charge in [0, 0.05) is 34.8 Å². The quantitative estimate of drug-likeness (QED) is 0.639. The summed E-state index contributed by atoms with van der Waals surface area (Å²) in [4.78, 5) is 13.3. The molecule has 0 bridgehead atoms. The second kappa shape index (κ2) is 5.41. The van der Waals surface area contributed by atoms with Crippen LogP contribution in [0.3, 0.4) is 0 Å². The van der Waals surface area contributed by atoms with Gasteiger partial charge in [-0.2, -0.15) is 0 Å². The van der Waals surface area contributed by atoms with Crippen LogP contribution in [-0.4, -0.2) is 15.0 Å². The maximum atomic E-state index is 6.30. The van der Waals surface area contributed by atoms with E-state index in [-0.39, 0.29) is 5.92 Å². The first-order valence-electron chi connectivity index (χ1n) is 6.95. The molecule has 3 aromatic rings. The van der Waals surface area contributed by atoms with Crippen molar-refractivity contribution in [2.45, 2.75) is 26.7 Å². The van der Waals surface area contributed by atoms with Crippen LogP contribution in [0.4, 0.5) is 0 Å². The number of pyridine rings is 1. The van der Waals surface area contributed by atoms with Crippen LogP contribution in [-0.2, 0) is 0 Å². The van der Waals surface area contributed by atoms with Gasteiger partial charge < -0.3 is 0 Å². The number of benzene rings is 1. The van der Waals surface area contributed by atoms with Gasteiger partial charge in [0.05, 0.1) is 5.69 Å². The molecule has 0 aliphatic carbocycles. The standard InChI is InChI=1S/C17H16ClN3/c1-10(2)17-20-15(11(3)16(18)21-17)13-6-4-5-12-7-8-19-9-14(12)13/h4-10H,1-3H3. The molecule has 0 saturated heterocycles. The predicted molar refractivity (Wildman–Crippen MR) is 86.6 cm³/mol. The Balaban J connectivity index is 2.32. The van der Waals surface area contributed by atoms with Gasteiger partial charge in [0.1, 0.15) is 11.0 Å². The SMILES string of the molecule is Cc1c(Cl)nc(C(C)C)nc1-c1cccc2ccncc12. The number of aromatic nitrogens is 3.